The van der Waals surface area contributed by atoms with Crippen LogP contribution < -0.4 is 5.73 Å². The molecule has 0 aliphatic carbocycles. The number of nitrogens with zero attached hydrogens (tertiary/aromatic N) is 1. The highest BCUT2D eigenvalue weighted by molar-refractivity contribution is 5.79. The summed E-state index contributed by atoms with van der Waals surface area (Å²) in [5.41, 5.74) is 6.38. The quantitative estimate of drug-likeness (QED) is 0.890. The van der Waals surface area contributed by atoms with Crippen molar-refractivity contribution >= 4 is 5.91 Å². The van der Waals surface area contributed by atoms with Gasteiger partial charge < -0.3 is 10.6 Å². The summed E-state index contributed by atoms with van der Waals surface area (Å²) in [7, 11) is 1.14. The van der Waals surface area contributed by atoms with E-state index < -0.39 is 24.5 Å². The average Bonchev–Trinajstić information content (AvgIpc) is 2.34. The van der Waals surface area contributed by atoms with Crippen LogP contribution in [-0.4, -0.2) is 37.1 Å². The molecule has 1 aromatic rings. The van der Waals surface area contributed by atoms with E-state index in [9.17, 15) is 18.0 Å². The fourth-order valence-corrected chi connectivity index (χ4v) is 1.83. The van der Waals surface area contributed by atoms with Gasteiger partial charge in [0, 0.05) is 13.6 Å². The largest absolute Gasteiger partial charge is 0.406 e. The molecule has 1 rings (SSSR count). The zero-order valence-electron chi connectivity index (χ0n) is 10.7. The number of carbonyl (C=O) groups is 1. The van der Waals surface area contributed by atoms with Gasteiger partial charge in [0.1, 0.15) is 6.54 Å². The summed E-state index contributed by atoms with van der Waals surface area (Å²) in [6.07, 6.45) is -4.05. The number of nitrogens with two attached hydrogens (primary N) is 1. The van der Waals surface area contributed by atoms with E-state index in [1.54, 1.807) is 0 Å². The van der Waals surface area contributed by atoms with Crippen LogP contribution in [0.2, 0.25) is 0 Å². The fourth-order valence-electron chi connectivity index (χ4n) is 1.83. The predicted octanol–water partition coefficient (Wildman–Crippen LogP) is 1.82. The number of hydrogen-bond donors (Lipinski definition) is 1. The van der Waals surface area contributed by atoms with E-state index in [0.717, 1.165) is 12.6 Å². The maximum Gasteiger partial charge on any atom is 0.406 e. The van der Waals surface area contributed by atoms with Crippen LogP contribution >= 0.6 is 0 Å². The van der Waals surface area contributed by atoms with E-state index in [1.807, 2.05) is 30.3 Å². The third kappa shape index (κ3) is 5.30. The Labute approximate surface area is 110 Å². The summed E-state index contributed by atoms with van der Waals surface area (Å²) < 4.78 is 36.7. The van der Waals surface area contributed by atoms with Crippen LogP contribution in [0.5, 0.6) is 0 Å². The highest BCUT2D eigenvalue weighted by Crippen LogP contribution is 2.18. The van der Waals surface area contributed by atoms with Crippen LogP contribution in [0, 0.1) is 5.92 Å². The van der Waals surface area contributed by atoms with Crippen molar-refractivity contribution in [1.82, 2.24) is 4.90 Å². The second-order valence-electron chi connectivity index (χ2n) is 4.43. The van der Waals surface area contributed by atoms with E-state index >= 15 is 0 Å². The number of hydrogen-bond acceptors (Lipinski definition) is 2. The summed E-state index contributed by atoms with van der Waals surface area (Å²) in [6, 6.07) is 9.09. The van der Waals surface area contributed by atoms with Gasteiger partial charge in [-0.2, -0.15) is 13.2 Å². The van der Waals surface area contributed by atoms with E-state index in [2.05, 4.69) is 0 Å². The highest BCUT2D eigenvalue weighted by Gasteiger charge is 2.33. The molecule has 1 atom stereocenters. The molecule has 0 aliphatic heterocycles. The second kappa shape index (κ2) is 6.56. The molecular weight excluding hydrogens is 257 g/mol. The molecule has 3 nitrogen and oxygen atoms in total. The number of rotatable bonds is 5. The van der Waals surface area contributed by atoms with Gasteiger partial charge in [-0.25, -0.2) is 0 Å². The van der Waals surface area contributed by atoms with E-state index in [4.69, 9.17) is 5.73 Å². The summed E-state index contributed by atoms with van der Waals surface area (Å²) in [5, 5.41) is 0. The number of amides is 1. The number of halogens is 3. The summed E-state index contributed by atoms with van der Waals surface area (Å²) >= 11 is 0. The van der Waals surface area contributed by atoms with Gasteiger partial charge >= 0.3 is 6.18 Å². The van der Waals surface area contributed by atoms with Gasteiger partial charge in [-0.15, -0.1) is 0 Å². The van der Waals surface area contributed by atoms with Crippen molar-refractivity contribution in [1.29, 1.82) is 0 Å². The predicted molar refractivity (Wildman–Crippen MR) is 66.4 cm³/mol. The first kappa shape index (κ1) is 15.5. The van der Waals surface area contributed by atoms with Crippen molar-refractivity contribution in [3.8, 4) is 0 Å². The molecule has 6 heteroatoms. The van der Waals surface area contributed by atoms with E-state index in [0.29, 0.717) is 11.3 Å². The number of carbonyl (C=O) groups excluding carboxylic acids is 1. The summed E-state index contributed by atoms with van der Waals surface area (Å²) in [5.74, 6) is -1.21. The van der Waals surface area contributed by atoms with Crippen molar-refractivity contribution in [3.63, 3.8) is 0 Å². The Morgan fingerprint density at radius 2 is 1.89 bits per heavy atom. The molecule has 2 N–H and O–H groups in total. The lowest BCUT2D eigenvalue weighted by Gasteiger charge is -2.24. The second-order valence-corrected chi connectivity index (χ2v) is 4.43. The molecule has 0 heterocycles. The maximum atomic E-state index is 12.2. The van der Waals surface area contributed by atoms with Crippen molar-refractivity contribution in [3.05, 3.63) is 35.9 Å². The lowest BCUT2D eigenvalue weighted by molar-refractivity contribution is -0.160. The first-order valence-corrected chi connectivity index (χ1v) is 5.89. The first-order valence-electron chi connectivity index (χ1n) is 5.89. The Hall–Kier alpha value is -1.56. The monoisotopic (exact) mass is 274 g/mol. The molecule has 0 saturated heterocycles. The molecule has 106 valence electrons. The minimum atomic E-state index is -4.39. The van der Waals surface area contributed by atoms with Gasteiger partial charge in [0.2, 0.25) is 5.91 Å². The van der Waals surface area contributed by atoms with Crippen LogP contribution in [0.3, 0.4) is 0 Å². The van der Waals surface area contributed by atoms with Gasteiger partial charge in [0.15, 0.2) is 0 Å². The molecule has 0 fully saturated rings. The lowest BCUT2D eigenvalue weighted by Crippen LogP contribution is -2.42. The van der Waals surface area contributed by atoms with E-state index in [-0.39, 0.29) is 6.54 Å². The highest BCUT2D eigenvalue weighted by atomic mass is 19.4. The number of benzene rings is 1. The first-order chi connectivity index (χ1) is 8.83. The van der Waals surface area contributed by atoms with Crippen LogP contribution in [0.4, 0.5) is 13.2 Å². The smallest absolute Gasteiger partial charge is 0.336 e. The molecule has 19 heavy (non-hydrogen) atoms. The van der Waals surface area contributed by atoms with Crippen LogP contribution in [0.25, 0.3) is 0 Å². The minimum Gasteiger partial charge on any atom is -0.336 e. The SMILES string of the molecule is CN(CC(F)(F)F)C(=O)C(CN)Cc1ccccc1. The van der Waals surface area contributed by atoms with Crippen molar-refractivity contribution in [2.24, 2.45) is 11.7 Å². The molecule has 1 aromatic carbocycles. The summed E-state index contributed by atoms with van der Waals surface area (Å²) in [6.45, 7) is -1.23. The van der Waals surface area contributed by atoms with Gasteiger partial charge in [0.05, 0.1) is 5.92 Å². The van der Waals surface area contributed by atoms with Gasteiger partial charge in [-0.3, -0.25) is 4.79 Å². The van der Waals surface area contributed by atoms with E-state index in [1.165, 1.54) is 0 Å². The minimum absolute atomic E-state index is 0.0237. The van der Waals surface area contributed by atoms with Crippen LogP contribution in [0.15, 0.2) is 30.3 Å². The molecule has 0 aromatic heterocycles. The van der Waals surface area contributed by atoms with Crippen molar-refractivity contribution in [2.75, 3.05) is 20.1 Å². The normalized spacial score (nSPS) is 13.1. The van der Waals surface area contributed by atoms with Gasteiger partial charge in [-0.1, -0.05) is 30.3 Å². The molecule has 0 saturated carbocycles. The Morgan fingerprint density at radius 1 is 1.32 bits per heavy atom. The Bertz CT molecular complexity index is 406. The van der Waals surface area contributed by atoms with Gasteiger partial charge in [0.25, 0.3) is 0 Å². The molecule has 0 bridgehead atoms. The molecule has 0 aliphatic rings. The summed E-state index contributed by atoms with van der Waals surface area (Å²) in [4.78, 5) is 12.6. The fraction of sp³-hybridized carbons (Fsp3) is 0.462. The zero-order valence-corrected chi connectivity index (χ0v) is 10.7. The van der Waals surface area contributed by atoms with Crippen molar-refractivity contribution in [2.45, 2.75) is 12.6 Å². The molecule has 1 amide bonds. The average molecular weight is 274 g/mol. The standard InChI is InChI=1S/C13H17F3N2O/c1-18(9-13(14,15)16)12(19)11(8-17)7-10-5-3-2-4-6-10/h2-6,11H,7-9,17H2,1H3. The Kier molecular flexibility index (Phi) is 5.35. The third-order valence-electron chi connectivity index (χ3n) is 2.75. The Balaban J connectivity index is 2.66. The molecule has 1 unspecified atom stereocenters. The molecule has 0 spiro atoms. The topological polar surface area (TPSA) is 46.3 Å². The number of alkyl halides is 3. The zero-order chi connectivity index (χ0) is 14.5. The van der Waals surface area contributed by atoms with Crippen molar-refractivity contribution < 1.29 is 18.0 Å². The molecular formula is C13H17F3N2O. The third-order valence-corrected chi connectivity index (χ3v) is 2.75. The Morgan fingerprint density at radius 3 is 2.37 bits per heavy atom. The maximum absolute atomic E-state index is 12.2. The molecule has 0 radical (unpaired) electrons. The van der Waals surface area contributed by atoms with Gasteiger partial charge in [-0.05, 0) is 12.0 Å². The van der Waals surface area contributed by atoms with Crippen LogP contribution in [0.1, 0.15) is 5.56 Å². The van der Waals surface area contributed by atoms with Crippen LogP contribution in [-0.2, 0) is 11.2 Å². The lowest BCUT2D eigenvalue weighted by atomic mass is 9.98.